The molecule has 3 aromatic rings. The van der Waals surface area contributed by atoms with Crippen LogP contribution in [0.1, 0.15) is 23.6 Å². The Labute approximate surface area is 151 Å². The third-order valence-corrected chi connectivity index (χ3v) is 4.71. The van der Waals surface area contributed by atoms with Crippen molar-refractivity contribution in [1.82, 2.24) is 9.88 Å². The molecule has 2 heterocycles. The smallest absolute Gasteiger partial charge is 0.251 e. The van der Waals surface area contributed by atoms with E-state index < -0.39 is 6.04 Å². The summed E-state index contributed by atoms with van der Waals surface area (Å²) in [6.45, 7) is 2.59. The summed E-state index contributed by atoms with van der Waals surface area (Å²) in [5, 5.41) is 3.89. The van der Waals surface area contributed by atoms with Gasteiger partial charge in [0.05, 0.1) is 5.52 Å². The van der Waals surface area contributed by atoms with Crippen LogP contribution < -0.4 is 5.32 Å². The third-order valence-electron chi connectivity index (χ3n) is 4.71. The van der Waals surface area contributed by atoms with E-state index >= 15 is 0 Å². The number of β-lactam (4-membered cyclic amide) rings is 1. The van der Waals surface area contributed by atoms with E-state index in [2.05, 4.69) is 10.3 Å². The molecule has 5 heteroatoms. The van der Waals surface area contributed by atoms with Crippen LogP contribution in [0.25, 0.3) is 10.9 Å². The summed E-state index contributed by atoms with van der Waals surface area (Å²) in [5.74, 6) is -0.203. The minimum atomic E-state index is -0.637. The molecule has 0 radical (unpaired) electrons. The predicted octanol–water partition coefficient (Wildman–Crippen LogP) is 3.46. The molecule has 1 aliphatic rings. The number of fused-ring (bicyclic) bond motifs is 1. The van der Waals surface area contributed by atoms with Gasteiger partial charge >= 0.3 is 0 Å². The van der Waals surface area contributed by atoms with Crippen LogP contribution in [0.15, 0.2) is 60.8 Å². The normalized spacial score (nSPS) is 14.8. The third kappa shape index (κ3) is 3.04. The Kier molecular flexibility index (Phi) is 4.13. The molecule has 1 N–H and O–H groups in total. The van der Waals surface area contributed by atoms with E-state index in [9.17, 15) is 9.59 Å². The quantitative estimate of drug-likeness (QED) is 0.737. The Morgan fingerprint density at radius 1 is 1.15 bits per heavy atom. The second kappa shape index (κ2) is 6.59. The van der Waals surface area contributed by atoms with Crippen LogP contribution in [-0.2, 0) is 9.59 Å². The molecule has 1 aliphatic heterocycles. The number of hydrogen-bond donors (Lipinski definition) is 1. The Hall–Kier alpha value is -3.21. The first-order chi connectivity index (χ1) is 12.6. The Morgan fingerprint density at radius 3 is 2.65 bits per heavy atom. The van der Waals surface area contributed by atoms with Gasteiger partial charge in [0, 0.05) is 30.2 Å². The van der Waals surface area contributed by atoms with Crippen molar-refractivity contribution in [1.29, 1.82) is 0 Å². The zero-order valence-corrected chi connectivity index (χ0v) is 14.5. The minimum Gasteiger partial charge on any atom is -0.326 e. The van der Waals surface area contributed by atoms with Crippen LogP contribution in [0.3, 0.4) is 0 Å². The summed E-state index contributed by atoms with van der Waals surface area (Å²) < 4.78 is 0. The molecular formula is C21H19N3O2. The van der Waals surface area contributed by atoms with Crippen LogP contribution in [0.4, 0.5) is 5.69 Å². The molecule has 0 spiro atoms. The topological polar surface area (TPSA) is 62.3 Å². The van der Waals surface area contributed by atoms with E-state index in [1.165, 1.54) is 0 Å². The molecule has 1 saturated heterocycles. The number of nitrogens with one attached hydrogen (secondary N) is 1. The fourth-order valence-electron chi connectivity index (χ4n) is 3.19. The van der Waals surface area contributed by atoms with Crippen LogP contribution in [-0.4, -0.2) is 28.2 Å². The van der Waals surface area contributed by atoms with Gasteiger partial charge in [-0.3, -0.25) is 14.6 Å². The molecule has 1 unspecified atom stereocenters. The van der Waals surface area contributed by atoms with Crippen molar-refractivity contribution in [3.8, 4) is 0 Å². The maximum Gasteiger partial charge on any atom is 0.251 e. The highest BCUT2D eigenvalue weighted by Gasteiger charge is 2.36. The maximum atomic E-state index is 13.0. The molecule has 5 nitrogen and oxygen atoms in total. The number of carbonyl (C=O) groups excluding carboxylic acids is 2. The fourth-order valence-corrected chi connectivity index (χ4v) is 3.19. The highest BCUT2D eigenvalue weighted by atomic mass is 16.2. The lowest BCUT2D eigenvalue weighted by molar-refractivity contribution is -0.147. The lowest BCUT2D eigenvalue weighted by Gasteiger charge is -2.37. The van der Waals surface area contributed by atoms with Crippen LogP contribution >= 0.6 is 0 Å². The number of anilines is 1. The number of aromatic nitrogens is 1. The van der Waals surface area contributed by atoms with Crippen molar-refractivity contribution >= 4 is 28.4 Å². The predicted molar refractivity (Wildman–Crippen MR) is 101 cm³/mol. The first kappa shape index (κ1) is 16.3. The van der Waals surface area contributed by atoms with Crippen molar-refractivity contribution in [3.05, 3.63) is 71.9 Å². The van der Waals surface area contributed by atoms with Gasteiger partial charge < -0.3 is 10.2 Å². The number of carbonyl (C=O) groups is 2. The van der Waals surface area contributed by atoms with E-state index in [0.29, 0.717) is 13.0 Å². The minimum absolute atomic E-state index is 0.000315. The highest BCUT2D eigenvalue weighted by molar-refractivity contribution is 5.99. The van der Waals surface area contributed by atoms with Crippen LogP contribution in [0, 0.1) is 6.92 Å². The number of rotatable bonds is 4. The molecule has 130 valence electrons. The van der Waals surface area contributed by atoms with E-state index in [4.69, 9.17) is 0 Å². The summed E-state index contributed by atoms with van der Waals surface area (Å²) in [7, 11) is 0. The van der Waals surface area contributed by atoms with Crippen LogP contribution in [0.2, 0.25) is 0 Å². The zero-order valence-electron chi connectivity index (χ0n) is 14.5. The summed E-state index contributed by atoms with van der Waals surface area (Å²) in [6.07, 6.45) is 2.23. The lowest BCUT2D eigenvalue weighted by atomic mass is 9.98. The van der Waals surface area contributed by atoms with Crippen molar-refractivity contribution < 1.29 is 9.59 Å². The largest absolute Gasteiger partial charge is 0.326 e. The average Bonchev–Trinajstić information content (AvgIpc) is 2.66. The van der Waals surface area contributed by atoms with Gasteiger partial charge in [0.15, 0.2) is 0 Å². The van der Waals surface area contributed by atoms with Gasteiger partial charge in [-0.1, -0.05) is 29.8 Å². The lowest BCUT2D eigenvalue weighted by Crippen LogP contribution is -2.49. The number of benzene rings is 2. The monoisotopic (exact) mass is 345 g/mol. The SMILES string of the molecule is Cc1ccc(NC(=O)C(c2ccc3ncccc3c2)N2CCC2=O)cc1. The molecule has 4 rings (SSSR count). The number of hydrogen-bond acceptors (Lipinski definition) is 3. The van der Waals surface area contributed by atoms with E-state index in [1.54, 1.807) is 11.1 Å². The number of aryl methyl sites for hydroxylation is 1. The summed E-state index contributed by atoms with van der Waals surface area (Å²) in [5.41, 5.74) is 3.51. The molecule has 26 heavy (non-hydrogen) atoms. The van der Waals surface area contributed by atoms with E-state index in [1.807, 2.05) is 61.5 Å². The number of likely N-dealkylation sites (tertiary alicyclic amines) is 1. The van der Waals surface area contributed by atoms with Gasteiger partial charge in [-0.25, -0.2) is 0 Å². The van der Waals surface area contributed by atoms with Gasteiger partial charge in [0.2, 0.25) is 5.91 Å². The van der Waals surface area contributed by atoms with Crippen molar-refractivity contribution in [2.24, 2.45) is 0 Å². The molecule has 0 aliphatic carbocycles. The maximum absolute atomic E-state index is 13.0. The summed E-state index contributed by atoms with van der Waals surface area (Å²) in [6, 6.07) is 16.5. The molecule has 0 saturated carbocycles. The number of amides is 2. The van der Waals surface area contributed by atoms with Gasteiger partial charge in [0.1, 0.15) is 6.04 Å². The fraction of sp³-hybridized carbons (Fsp3) is 0.190. The second-order valence-electron chi connectivity index (χ2n) is 6.55. The van der Waals surface area contributed by atoms with Crippen LogP contribution in [0.5, 0.6) is 0 Å². The molecule has 0 bridgehead atoms. The zero-order chi connectivity index (χ0) is 18.1. The number of nitrogens with zero attached hydrogens (tertiary/aromatic N) is 2. The van der Waals surface area contributed by atoms with Gasteiger partial charge in [-0.05, 0) is 42.8 Å². The molecule has 1 fully saturated rings. The van der Waals surface area contributed by atoms with Gasteiger partial charge in [-0.2, -0.15) is 0 Å². The first-order valence-corrected chi connectivity index (χ1v) is 8.63. The molecule has 1 atom stereocenters. The van der Waals surface area contributed by atoms with Crippen molar-refractivity contribution in [3.63, 3.8) is 0 Å². The Balaban J connectivity index is 1.68. The first-order valence-electron chi connectivity index (χ1n) is 8.63. The molecule has 1 aromatic heterocycles. The number of pyridine rings is 1. The summed E-state index contributed by atoms with van der Waals surface area (Å²) >= 11 is 0. The average molecular weight is 345 g/mol. The summed E-state index contributed by atoms with van der Waals surface area (Å²) in [4.78, 5) is 31.0. The molecule has 2 amide bonds. The van der Waals surface area contributed by atoms with Crippen molar-refractivity contribution in [2.75, 3.05) is 11.9 Å². The Morgan fingerprint density at radius 2 is 1.96 bits per heavy atom. The van der Waals surface area contributed by atoms with Gasteiger partial charge in [-0.15, -0.1) is 0 Å². The highest BCUT2D eigenvalue weighted by Crippen LogP contribution is 2.30. The van der Waals surface area contributed by atoms with E-state index in [-0.39, 0.29) is 11.8 Å². The van der Waals surface area contributed by atoms with Gasteiger partial charge in [0.25, 0.3) is 5.91 Å². The van der Waals surface area contributed by atoms with E-state index in [0.717, 1.165) is 27.7 Å². The molecule has 2 aromatic carbocycles. The standard InChI is InChI=1S/C21H19N3O2/c1-14-4-7-17(8-5-14)23-21(26)20(24-12-10-19(24)25)16-6-9-18-15(13-16)3-2-11-22-18/h2-9,11,13,20H,10,12H2,1H3,(H,23,26). The second-order valence-corrected chi connectivity index (χ2v) is 6.55. The van der Waals surface area contributed by atoms with Crippen molar-refractivity contribution in [2.45, 2.75) is 19.4 Å². The molecular weight excluding hydrogens is 326 g/mol. The Bertz CT molecular complexity index is 982.